The van der Waals surface area contributed by atoms with Crippen molar-refractivity contribution in [2.75, 3.05) is 18.0 Å². The van der Waals surface area contributed by atoms with Gasteiger partial charge in [-0.05, 0) is 61.7 Å². The number of amides is 1. The SMILES string of the molecule is Cc1c(C(=O)NCc2ccnc(N3CCCC3)c2)cnn1-c1ccc(Br)cc1. The van der Waals surface area contributed by atoms with E-state index in [1.54, 1.807) is 10.9 Å². The molecule has 0 atom stereocenters. The number of benzene rings is 1. The van der Waals surface area contributed by atoms with Crippen molar-refractivity contribution in [3.05, 3.63) is 70.1 Å². The lowest BCUT2D eigenvalue weighted by atomic mass is 10.2. The molecule has 7 heteroatoms. The van der Waals surface area contributed by atoms with Gasteiger partial charge in [0.15, 0.2) is 0 Å². The first-order valence-corrected chi connectivity index (χ1v) is 10.2. The molecule has 1 N–H and O–H groups in total. The second-order valence-electron chi connectivity index (χ2n) is 6.93. The van der Waals surface area contributed by atoms with Crippen molar-refractivity contribution in [3.8, 4) is 5.69 Å². The summed E-state index contributed by atoms with van der Waals surface area (Å²) in [6.45, 7) is 4.47. The predicted octanol–water partition coefficient (Wildman–Crippen LogP) is 3.87. The second-order valence-corrected chi connectivity index (χ2v) is 7.85. The average Bonchev–Trinajstić information content (AvgIpc) is 3.37. The van der Waals surface area contributed by atoms with E-state index in [4.69, 9.17) is 0 Å². The molecule has 1 amide bonds. The Labute approximate surface area is 172 Å². The Hall–Kier alpha value is -2.67. The number of hydrogen-bond donors (Lipinski definition) is 1. The van der Waals surface area contributed by atoms with Crippen LogP contribution in [0, 0.1) is 6.92 Å². The first kappa shape index (κ1) is 18.7. The highest BCUT2D eigenvalue weighted by Gasteiger charge is 2.16. The van der Waals surface area contributed by atoms with Crippen LogP contribution in [0.15, 0.2) is 53.3 Å². The summed E-state index contributed by atoms with van der Waals surface area (Å²) in [6, 6.07) is 11.8. The van der Waals surface area contributed by atoms with Crippen molar-refractivity contribution in [3.63, 3.8) is 0 Å². The van der Waals surface area contributed by atoms with E-state index in [2.05, 4.69) is 42.3 Å². The van der Waals surface area contributed by atoms with Crippen molar-refractivity contribution in [2.24, 2.45) is 0 Å². The smallest absolute Gasteiger partial charge is 0.255 e. The summed E-state index contributed by atoms with van der Waals surface area (Å²) in [5.74, 6) is 0.865. The number of nitrogens with one attached hydrogen (secondary N) is 1. The molecule has 0 aliphatic carbocycles. The fraction of sp³-hybridized carbons (Fsp3) is 0.286. The predicted molar refractivity (Wildman–Crippen MR) is 113 cm³/mol. The lowest BCUT2D eigenvalue weighted by Gasteiger charge is -2.17. The molecule has 144 valence electrons. The van der Waals surface area contributed by atoms with Gasteiger partial charge in [0, 0.05) is 30.3 Å². The fourth-order valence-corrected chi connectivity index (χ4v) is 3.71. The van der Waals surface area contributed by atoms with Crippen LogP contribution >= 0.6 is 15.9 Å². The number of carbonyl (C=O) groups excluding carboxylic acids is 1. The number of carbonyl (C=O) groups is 1. The maximum atomic E-state index is 12.7. The van der Waals surface area contributed by atoms with Gasteiger partial charge in [-0.2, -0.15) is 5.10 Å². The molecule has 0 bridgehead atoms. The lowest BCUT2D eigenvalue weighted by molar-refractivity contribution is 0.0950. The highest BCUT2D eigenvalue weighted by Crippen LogP contribution is 2.19. The number of anilines is 1. The van der Waals surface area contributed by atoms with E-state index in [1.807, 2.05) is 43.5 Å². The number of pyridine rings is 1. The molecule has 1 aliphatic heterocycles. The maximum absolute atomic E-state index is 12.7. The summed E-state index contributed by atoms with van der Waals surface area (Å²) in [5.41, 5.74) is 3.36. The normalized spacial score (nSPS) is 13.7. The van der Waals surface area contributed by atoms with E-state index in [1.165, 1.54) is 12.8 Å². The molecule has 1 fully saturated rings. The topological polar surface area (TPSA) is 63.1 Å². The molecule has 0 unspecified atom stereocenters. The number of halogens is 1. The molecule has 4 rings (SSSR count). The van der Waals surface area contributed by atoms with Gasteiger partial charge in [0.25, 0.3) is 5.91 Å². The monoisotopic (exact) mass is 439 g/mol. The van der Waals surface area contributed by atoms with Crippen molar-refractivity contribution >= 4 is 27.7 Å². The Morgan fingerprint density at radius 2 is 1.93 bits per heavy atom. The Morgan fingerprint density at radius 1 is 1.18 bits per heavy atom. The molecule has 3 heterocycles. The molecule has 6 nitrogen and oxygen atoms in total. The van der Waals surface area contributed by atoms with Gasteiger partial charge in [-0.15, -0.1) is 0 Å². The van der Waals surface area contributed by atoms with Crippen LogP contribution in [0.2, 0.25) is 0 Å². The van der Waals surface area contributed by atoms with Crippen LogP contribution in [-0.4, -0.2) is 33.8 Å². The Kier molecular flexibility index (Phi) is 5.43. The van der Waals surface area contributed by atoms with Crippen LogP contribution in [0.1, 0.15) is 34.5 Å². The van der Waals surface area contributed by atoms with Crippen molar-refractivity contribution < 1.29 is 4.79 Å². The van der Waals surface area contributed by atoms with Gasteiger partial charge in [0.2, 0.25) is 0 Å². The van der Waals surface area contributed by atoms with Crippen molar-refractivity contribution in [2.45, 2.75) is 26.3 Å². The molecule has 0 radical (unpaired) electrons. The number of aromatic nitrogens is 3. The molecule has 3 aromatic rings. The van der Waals surface area contributed by atoms with Crippen LogP contribution < -0.4 is 10.2 Å². The van der Waals surface area contributed by atoms with Gasteiger partial charge in [-0.1, -0.05) is 15.9 Å². The zero-order valence-corrected chi connectivity index (χ0v) is 17.3. The summed E-state index contributed by atoms with van der Waals surface area (Å²) in [6.07, 6.45) is 5.86. The summed E-state index contributed by atoms with van der Waals surface area (Å²) in [4.78, 5) is 19.4. The molecular weight excluding hydrogens is 418 g/mol. The minimum Gasteiger partial charge on any atom is -0.357 e. The highest BCUT2D eigenvalue weighted by atomic mass is 79.9. The van der Waals surface area contributed by atoms with E-state index in [0.717, 1.165) is 40.3 Å². The Balaban J connectivity index is 1.44. The van der Waals surface area contributed by atoms with Gasteiger partial charge < -0.3 is 10.2 Å². The lowest BCUT2D eigenvalue weighted by Crippen LogP contribution is -2.24. The number of rotatable bonds is 5. The Morgan fingerprint density at radius 3 is 2.68 bits per heavy atom. The molecule has 1 aliphatic rings. The van der Waals surface area contributed by atoms with Gasteiger partial charge in [0.05, 0.1) is 23.1 Å². The summed E-state index contributed by atoms with van der Waals surface area (Å²) < 4.78 is 2.78. The van der Waals surface area contributed by atoms with Crippen LogP contribution in [0.4, 0.5) is 5.82 Å². The summed E-state index contributed by atoms with van der Waals surface area (Å²) in [5, 5.41) is 7.38. The number of hydrogen-bond acceptors (Lipinski definition) is 4. The van der Waals surface area contributed by atoms with E-state index in [0.29, 0.717) is 12.1 Å². The standard InChI is InChI=1S/C21H22BrN5O/c1-15-19(14-25-27(15)18-6-4-17(22)5-7-18)21(28)24-13-16-8-9-23-20(12-16)26-10-2-3-11-26/h4-9,12,14H,2-3,10-11,13H2,1H3,(H,24,28). The third-order valence-electron chi connectivity index (χ3n) is 5.02. The van der Waals surface area contributed by atoms with Gasteiger partial charge in [-0.25, -0.2) is 9.67 Å². The van der Waals surface area contributed by atoms with Crippen LogP contribution in [0.5, 0.6) is 0 Å². The highest BCUT2D eigenvalue weighted by molar-refractivity contribution is 9.10. The van der Waals surface area contributed by atoms with Crippen LogP contribution in [0.25, 0.3) is 5.69 Å². The number of nitrogens with zero attached hydrogens (tertiary/aromatic N) is 4. The molecular formula is C21H22BrN5O. The fourth-order valence-electron chi connectivity index (χ4n) is 3.44. The molecule has 2 aromatic heterocycles. The van der Waals surface area contributed by atoms with E-state index < -0.39 is 0 Å². The van der Waals surface area contributed by atoms with Gasteiger partial charge >= 0.3 is 0 Å². The second kappa shape index (κ2) is 8.14. The minimum absolute atomic E-state index is 0.125. The maximum Gasteiger partial charge on any atom is 0.255 e. The molecule has 1 aromatic carbocycles. The third-order valence-corrected chi connectivity index (χ3v) is 5.55. The zero-order chi connectivity index (χ0) is 19.5. The first-order chi connectivity index (χ1) is 13.6. The van der Waals surface area contributed by atoms with E-state index >= 15 is 0 Å². The third kappa shape index (κ3) is 3.94. The van der Waals surface area contributed by atoms with Gasteiger partial charge in [0.1, 0.15) is 5.82 Å². The largest absolute Gasteiger partial charge is 0.357 e. The first-order valence-electron chi connectivity index (χ1n) is 9.40. The van der Waals surface area contributed by atoms with E-state index in [-0.39, 0.29) is 5.91 Å². The van der Waals surface area contributed by atoms with Crippen LogP contribution in [0.3, 0.4) is 0 Å². The Bertz CT molecular complexity index is 977. The van der Waals surface area contributed by atoms with Crippen LogP contribution in [-0.2, 0) is 6.54 Å². The minimum atomic E-state index is -0.125. The molecule has 0 spiro atoms. The van der Waals surface area contributed by atoms with Gasteiger partial charge in [-0.3, -0.25) is 4.79 Å². The molecule has 1 saturated heterocycles. The van der Waals surface area contributed by atoms with E-state index in [9.17, 15) is 4.79 Å². The zero-order valence-electron chi connectivity index (χ0n) is 15.7. The quantitative estimate of drug-likeness (QED) is 0.655. The summed E-state index contributed by atoms with van der Waals surface area (Å²) >= 11 is 3.43. The molecule has 0 saturated carbocycles. The van der Waals surface area contributed by atoms with Crippen molar-refractivity contribution in [1.29, 1.82) is 0 Å². The van der Waals surface area contributed by atoms with Crippen molar-refractivity contribution in [1.82, 2.24) is 20.1 Å². The average molecular weight is 440 g/mol. The summed E-state index contributed by atoms with van der Waals surface area (Å²) in [7, 11) is 0. The molecule has 28 heavy (non-hydrogen) atoms.